The molecule has 0 fully saturated rings. The quantitative estimate of drug-likeness (QED) is 0.135. The van der Waals surface area contributed by atoms with Crippen LogP contribution in [0.15, 0.2) is 29.8 Å². The van der Waals surface area contributed by atoms with Crippen molar-refractivity contribution >= 4 is 34.3 Å². The molecule has 1 N–H and O–H groups in total. The Morgan fingerprint density at radius 3 is 2.50 bits per heavy atom. The zero-order chi connectivity index (χ0) is 25.8. The highest BCUT2D eigenvalue weighted by atomic mass is 32.1. The second-order valence-corrected chi connectivity index (χ2v) is 10.0. The van der Waals surface area contributed by atoms with Crippen LogP contribution >= 0.6 is 11.3 Å². The van der Waals surface area contributed by atoms with Crippen molar-refractivity contribution in [1.82, 2.24) is 0 Å². The van der Waals surface area contributed by atoms with Crippen LogP contribution in [-0.4, -0.2) is 25.1 Å². The molecule has 1 aliphatic rings. The van der Waals surface area contributed by atoms with Gasteiger partial charge in [0.05, 0.1) is 18.8 Å². The third-order valence-electron chi connectivity index (χ3n) is 6.20. The average Bonchev–Trinajstić information content (AvgIpc) is 3.25. The number of benzene rings is 1. The minimum atomic E-state index is -0.537. The van der Waals surface area contributed by atoms with E-state index in [0.29, 0.717) is 17.2 Å². The van der Waals surface area contributed by atoms with Gasteiger partial charge in [0.1, 0.15) is 22.4 Å². The van der Waals surface area contributed by atoms with Crippen molar-refractivity contribution in [2.24, 2.45) is 0 Å². The number of fused-ring (bicyclic) bond motifs is 1. The van der Waals surface area contributed by atoms with E-state index in [2.05, 4.69) is 12.2 Å². The number of rotatable bonds is 13. The first-order valence-corrected chi connectivity index (χ1v) is 13.9. The molecule has 192 valence electrons. The van der Waals surface area contributed by atoms with Gasteiger partial charge in [0.25, 0.3) is 5.91 Å². The number of carbonyl (C=O) groups excluding carboxylic acids is 2. The Labute approximate surface area is 218 Å². The molecular weight excluding hydrogens is 472 g/mol. The first-order valence-electron chi connectivity index (χ1n) is 13.0. The minimum absolute atomic E-state index is 0.0306. The second-order valence-electron chi connectivity index (χ2n) is 8.94. The molecule has 36 heavy (non-hydrogen) atoms. The molecule has 0 saturated heterocycles. The predicted molar refractivity (Wildman–Crippen MR) is 144 cm³/mol. The lowest BCUT2D eigenvalue weighted by atomic mass is 9.95. The summed E-state index contributed by atoms with van der Waals surface area (Å²) < 4.78 is 11.1. The molecule has 1 amide bonds. The molecule has 1 aliphatic carbocycles. The first-order chi connectivity index (χ1) is 17.6. The van der Waals surface area contributed by atoms with Gasteiger partial charge in [0.2, 0.25) is 0 Å². The lowest BCUT2D eigenvalue weighted by Crippen LogP contribution is -2.16. The van der Waals surface area contributed by atoms with E-state index in [9.17, 15) is 14.9 Å². The van der Waals surface area contributed by atoms with Gasteiger partial charge in [0, 0.05) is 4.88 Å². The van der Waals surface area contributed by atoms with E-state index in [1.807, 2.05) is 30.3 Å². The molecule has 0 spiro atoms. The van der Waals surface area contributed by atoms with E-state index in [0.717, 1.165) is 53.9 Å². The van der Waals surface area contributed by atoms with Crippen molar-refractivity contribution in [3.63, 3.8) is 0 Å². The highest BCUT2D eigenvalue weighted by Gasteiger charge is 2.27. The van der Waals surface area contributed by atoms with Crippen LogP contribution in [0.5, 0.6) is 5.75 Å². The number of ether oxygens (including phenoxy) is 2. The van der Waals surface area contributed by atoms with Crippen molar-refractivity contribution < 1.29 is 19.1 Å². The first kappa shape index (κ1) is 27.5. The van der Waals surface area contributed by atoms with Gasteiger partial charge < -0.3 is 14.8 Å². The zero-order valence-corrected chi connectivity index (χ0v) is 22.2. The fourth-order valence-electron chi connectivity index (χ4n) is 4.29. The lowest BCUT2D eigenvalue weighted by molar-refractivity contribution is -0.112. The number of anilines is 1. The number of amides is 1. The van der Waals surface area contributed by atoms with Crippen LogP contribution in [0.25, 0.3) is 6.08 Å². The van der Waals surface area contributed by atoms with Crippen LogP contribution in [0.3, 0.4) is 0 Å². The van der Waals surface area contributed by atoms with E-state index in [1.54, 1.807) is 13.0 Å². The van der Waals surface area contributed by atoms with E-state index in [4.69, 9.17) is 9.47 Å². The molecule has 1 heterocycles. The molecule has 0 unspecified atom stereocenters. The van der Waals surface area contributed by atoms with E-state index >= 15 is 0 Å². The standard InChI is InChI=1S/C29H36N2O4S/c1-3-5-6-7-8-11-18-35-23-16-14-21(15-17-23)19-22(20-30)27(32)31-28-26(29(33)34-4-2)24-12-9-10-13-25(24)36-28/h14-17,19H,3-13,18H2,1-2H3,(H,31,32)/b22-19-. The molecule has 0 atom stereocenters. The molecule has 1 aromatic heterocycles. The second kappa shape index (κ2) is 14.4. The number of carbonyl (C=O) groups is 2. The molecule has 0 bridgehead atoms. The van der Waals surface area contributed by atoms with Gasteiger partial charge >= 0.3 is 5.97 Å². The van der Waals surface area contributed by atoms with Crippen LogP contribution in [0.4, 0.5) is 5.00 Å². The molecule has 3 rings (SSSR count). The smallest absolute Gasteiger partial charge is 0.341 e. The molecule has 7 heteroatoms. The summed E-state index contributed by atoms with van der Waals surface area (Å²) in [5.74, 6) is -0.191. The fourth-order valence-corrected chi connectivity index (χ4v) is 5.56. The van der Waals surface area contributed by atoms with Gasteiger partial charge in [-0.1, -0.05) is 51.2 Å². The van der Waals surface area contributed by atoms with E-state index in [-0.39, 0.29) is 12.2 Å². The summed E-state index contributed by atoms with van der Waals surface area (Å²) >= 11 is 1.41. The molecule has 2 aromatic rings. The summed E-state index contributed by atoms with van der Waals surface area (Å²) in [4.78, 5) is 26.7. The van der Waals surface area contributed by atoms with Crippen LogP contribution in [0, 0.1) is 11.3 Å². The molecule has 0 saturated carbocycles. The van der Waals surface area contributed by atoms with Crippen molar-refractivity contribution in [3.05, 3.63) is 51.4 Å². The van der Waals surface area contributed by atoms with Gasteiger partial charge in [-0.2, -0.15) is 5.26 Å². The number of hydrogen-bond acceptors (Lipinski definition) is 6. The van der Waals surface area contributed by atoms with Gasteiger partial charge in [0.15, 0.2) is 0 Å². The maximum Gasteiger partial charge on any atom is 0.341 e. The number of aryl methyl sites for hydroxylation is 1. The Hall–Kier alpha value is -3.11. The summed E-state index contributed by atoms with van der Waals surface area (Å²) in [7, 11) is 0. The number of thiophene rings is 1. The predicted octanol–water partition coefficient (Wildman–Crippen LogP) is 7.09. The van der Waals surface area contributed by atoms with Gasteiger partial charge in [-0.3, -0.25) is 4.79 Å². The number of unbranched alkanes of at least 4 members (excludes halogenated alkanes) is 5. The van der Waals surface area contributed by atoms with Crippen LogP contribution < -0.4 is 10.1 Å². The normalized spacial score (nSPS) is 13.0. The third-order valence-corrected chi connectivity index (χ3v) is 7.41. The highest BCUT2D eigenvalue weighted by Crippen LogP contribution is 2.38. The highest BCUT2D eigenvalue weighted by molar-refractivity contribution is 7.17. The van der Waals surface area contributed by atoms with E-state index in [1.165, 1.54) is 43.4 Å². The Kier molecular flexibility index (Phi) is 11.0. The summed E-state index contributed by atoms with van der Waals surface area (Å²) in [5.41, 5.74) is 2.11. The Bertz CT molecular complexity index is 1100. The summed E-state index contributed by atoms with van der Waals surface area (Å²) in [6.07, 6.45) is 12.6. The molecule has 0 radical (unpaired) electrons. The number of nitriles is 1. The number of hydrogen-bond donors (Lipinski definition) is 1. The van der Waals surface area contributed by atoms with Gasteiger partial charge in [-0.25, -0.2) is 4.79 Å². The van der Waals surface area contributed by atoms with Crippen molar-refractivity contribution in [2.75, 3.05) is 18.5 Å². The monoisotopic (exact) mass is 508 g/mol. The SMILES string of the molecule is CCCCCCCCOc1ccc(/C=C(/C#N)C(=O)Nc2sc3c(c2C(=O)OCC)CCCC3)cc1. The molecule has 1 aromatic carbocycles. The number of nitrogens with one attached hydrogen (secondary N) is 1. The Morgan fingerprint density at radius 1 is 1.06 bits per heavy atom. The largest absolute Gasteiger partial charge is 0.494 e. The fraction of sp³-hybridized carbons (Fsp3) is 0.483. The number of nitrogens with zero attached hydrogens (tertiary/aromatic N) is 1. The topological polar surface area (TPSA) is 88.4 Å². The summed E-state index contributed by atoms with van der Waals surface area (Å²) in [5, 5.41) is 12.9. The van der Waals surface area contributed by atoms with Gasteiger partial charge in [-0.15, -0.1) is 11.3 Å². The van der Waals surface area contributed by atoms with Crippen LogP contribution in [-0.2, 0) is 22.4 Å². The summed E-state index contributed by atoms with van der Waals surface area (Å²) in [6.45, 7) is 4.92. The maximum absolute atomic E-state index is 13.0. The molecule has 0 aliphatic heterocycles. The van der Waals surface area contributed by atoms with E-state index < -0.39 is 11.9 Å². The number of esters is 1. The lowest BCUT2D eigenvalue weighted by Gasteiger charge is -2.12. The van der Waals surface area contributed by atoms with Crippen LogP contribution in [0.2, 0.25) is 0 Å². The minimum Gasteiger partial charge on any atom is -0.494 e. The van der Waals surface area contributed by atoms with Crippen molar-refractivity contribution in [3.8, 4) is 11.8 Å². The summed E-state index contributed by atoms with van der Waals surface area (Å²) in [6, 6.07) is 9.35. The maximum atomic E-state index is 13.0. The molecular formula is C29H36N2O4S. The molecule has 6 nitrogen and oxygen atoms in total. The zero-order valence-electron chi connectivity index (χ0n) is 21.4. The van der Waals surface area contributed by atoms with Gasteiger partial charge in [-0.05, 0) is 68.4 Å². The van der Waals surface area contributed by atoms with Crippen molar-refractivity contribution in [2.45, 2.75) is 78.1 Å². The van der Waals surface area contributed by atoms with Crippen LogP contribution in [0.1, 0.15) is 91.6 Å². The Balaban J connectivity index is 1.63. The average molecular weight is 509 g/mol. The van der Waals surface area contributed by atoms with Crippen molar-refractivity contribution in [1.29, 1.82) is 5.26 Å². The third kappa shape index (κ3) is 7.69. The Morgan fingerprint density at radius 2 is 1.78 bits per heavy atom.